The summed E-state index contributed by atoms with van der Waals surface area (Å²) < 4.78 is 5.83. The van der Waals surface area contributed by atoms with Gasteiger partial charge in [0.05, 0.1) is 0 Å². The van der Waals surface area contributed by atoms with Crippen LogP contribution >= 0.6 is 12.4 Å². The number of hydrogen-bond donors (Lipinski definition) is 1. The maximum absolute atomic E-state index is 12.6. The third-order valence-electron chi connectivity index (χ3n) is 4.58. The molecule has 0 saturated carbocycles. The second-order valence-electron chi connectivity index (χ2n) is 6.28. The van der Waals surface area contributed by atoms with Crippen molar-refractivity contribution in [3.8, 4) is 5.75 Å². The van der Waals surface area contributed by atoms with Crippen LogP contribution < -0.4 is 10.5 Å². The Balaban J connectivity index is 0.00000208. The van der Waals surface area contributed by atoms with E-state index in [0.717, 1.165) is 42.3 Å². The highest BCUT2D eigenvalue weighted by Gasteiger charge is 2.29. The molecule has 130 valence electrons. The van der Waals surface area contributed by atoms with Gasteiger partial charge in [-0.05, 0) is 37.6 Å². The van der Waals surface area contributed by atoms with Crippen LogP contribution in [0.5, 0.6) is 5.75 Å². The third kappa shape index (κ3) is 4.00. The number of rotatable bonds is 4. The molecule has 4 nitrogen and oxygen atoms in total. The molecule has 5 heteroatoms. The molecule has 1 aliphatic heterocycles. The van der Waals surface area contributed by atoms with E-state index in [0.29, 0.717) is 0 Å². The third-order valence-corrected chi connectivity index (χ3v) is 4.58. The normalized spacial score (nSPS) is 18.8. The summed E-state index contributed by atoms with van der Waals surface area (Å²) in [5, 5.41) is 2.15. The number of carbonyl (C=O) groups is 1. The molecule has 24 heavy (non-hydrogen) atoms. The first-order chi connectivity index (χ1) is 11.2. The smallest absolute Gasteiger partial charge is 0.260 e. The van der Waals surface area contributed by atoms with E-state index >= 15 is 0 Å². The van der Waals surface area contributed by atoms with Crippen molar-refractivity contribution < 1.29 is 9.53 Å². The number of fused-ring (bicyclic) bond motifs is 1. The summed E-state index contributed by atoms with van der Waals surface area (Å²) in [5.41, 5.74) is 6.04. The fourth-order valence-electron chi connectivity index (χ4n) is 3.36. The minimum atomic E-state index is -0.00296. The van der Waals surface area contributed by atoms with Gasteiger partial charge in [0.15, 0.2) is 6.61 Å². The Labute approximate surface area is 149 Å². The topological polar surface area (TPSA) is 55.6 Å². The summed E-state index contributed by atoms with van der Waals surface area (Å²) in [6, 6.07) is 14.1. The lowest BCUT2D eigenvalue weighted by atomic mass is 9.97. The van der Waals surface area contributed by atoms with Crippen molar-refractivity contribution in [3.05, 3.63) is 42.5 Å². The van der Waals surface area contributed by atoms with Crippen molar-refractivity contribution in [2.24, 2.45) is 5.73 Å². The Morgan fingerprint density at radius 2 is 2.00 bits per heavy atom. The average molecular weight is 349 g/mol. The molecule has 2 N–H and O–H groups in total. The number of amides is 1. The number of nitrogens with zero attached hydrogens (tertiary/aromatic N) is 1. The molecule has 1 saturated heterocycles. The molecule has 0 radical (unpaired) electrons. The van der Waals surface area contributed by atoms with Gasteiger partial charge in [-0.15, -0.1) is 12.4 Å². The zero-order valence-corrected chi connectivity index (χ0v) is 14.8. The van der Waals surface area contributed by atoms with Crippen LogP contribution in [0, 0.1) is 0 Å². The molecule has 2 unspecified atom stereocenters. The van der Waals surface area contributed by atoms with Gasteiger partial charge in [-0.1, -0.05) is 36.4 Å². The first kappa shape index (κ1) is 18.6. The van der Waals surface area contributed by atoms with Gasteiger partial charge in [0, 0.05) is 24.0 Å². The van der Waals surface area contributed by atoms with E-state index in [9.17, 15) is 4.79 Å². The van der Waals surface area contributed by atoms with E-state index < -0.39 is 0 Å². The van der Waals surface area contributed by atoms with Crippen molar-refractivity contribution in [1.29, 1.82) is 0 Å². The molecule has 1 heterocycles. The highest BCUT2D eigenvalue weighted by atomic mass is 35.5. The Morgan fingerprint density at radius 3 is 2.79 bits per heavy atom. The Hall–Kier alpha value is -1.78. The van der Waals surface area contributed by atoms with Crippen LogP contribution in [-0.4, -0.2) is 36.0 Å². The number of benzene rings is 2. The number of likely N-dealkylation sites (tertiary alicyclic amines) is 1. The highest BCUT2D eigenvalue weighted by molar-refractivity contribution is 5.88. The van der Waals surface area contributed by atoms with Gasteiger partial charge < -0.3 is 15.4 Å². The lowest BCUT2D eigenvalue weighted by Crippen LogP contribution is -2.52. The molecule has 0 aliphatic carbocycles. The highest BCUT2D eigenvalue weighted by Crippen LogP contribution is 2.25. The fourth-order valence-corrected chi connectivity index (χ4v) is 3.36. The van der Waals surface area contributed by atoms with Gasteiger partial charge in [0.2, 0.25) is 0 Å². The molecule has 2 aromatic rings. The Kier molecular flexibility index (Phi) is 6.46. The van der Waals surface area contributed by atoms with Crippen molar-refractivity contribution in [1.82, 2.24) is 4.90 Å². The van der Waals surface area contributed by atoms with Gasteiger partial charge in [0.1, 0.15) is 5.75 Å². The number of ether oxygens (including phenoxy) is 1. The summed E-state index contributed by atoms with van der Waals surface area (Å²) in [5.74, 6) is 0.783. The number of piperidine rings is 1. The second kappa shape index (κ2) is 8.36. The van der Waals surface area contributed by atoms with Gasteiger partial charge >= 0.3 is 0 Å². The van der Waals surface area contributed by atoms with E-state index in [1.165, 1.54) is 0 Å². The summed E-state index contributed by atoms with van der Waals surface area (Å²) in [6.07, 6.45) is 3.17. The van der Waals surface area contributed by atoms with Crippen LogP contribution in [0.1, 0.15) is 26.2 Å². The van der Waals surface area contributed by atoms with E-state index in [-0.39, 0.29) is 37.0 Å². The van der Waals surface area contributed by atoms with Gasteiger partial charge in [-0.3, -0.25) is 4.79 Å². The largest absolute Gasteiger partial charge is 0.483 e. The molecule has 2 atom stereocenters. The number of hydrogen-bond acceptors (Lipinski definition) is 3. The number of halogens is 1. The first-order valence-corrected chi connectivity index (χ1v) is 8.32. The predicted octanol–water partition coefficient (Wildman–Crippen LogP) is 3.37. The lowest BCUT2D eigenvalue weighted by Gasteiger charge is -2.38. The Bertz CT molecular complexity index is 685. The second-order valence-corrected chi connectivity index (χ2v) is 6.28. The Morgan fingerprint density at radius 1 is 1.25 bits per heavy atom. The van der Waals surface area contributed by atoms with Crippen LogP contribution in [0.2, 0.25) is 0 Å². The first-order valence-electron chi connectivity index (χ1n) is 8.32. The van der Waals surface area contributed by atoms with E-state index in [1.54, 1.807) is 0 Å². The SMILES string of the molecule is CC(N)C1CCCCN1C(=O)COc1cccc2ccccc12.Cl. The molecule has 1 fully saturated rings. The molecule has 0 spiro atoms. The molecular formula is C19H25ClN2O2. The standard InChI is InChI=1S/C19H24N2O2.ClH/c1-14(20)17-10-4-5-12-21(17)19(22)13-23-18-11-6-8-15-7-2-3-9-16(15)18;/h2-3,6-9,11,14,17H,4-5,10,12-13,20H2,1H3;1H. The molecule has 3 rings (SSSR count). The van der Waals surface area contributed by atoms with Gasteiger partial charge in [0.25, 0.3) is 5.91 Å². The van der Waals surface area contributed by atoms with E-state index in [2.05, 4.69) is 0 Å². The minimum Gasteiger partial charge on any atom is -0.483 e. The van der Waals surface area contributed by atoms with Gasteiger partial charge in [-0.25, -0.2) is 0 Å². The number of nitrogens with two attached hydrogens (primary N) is 1. The van der Waals surface area contributed by atoms with Crippen LogP contribution in [0.15, 0.2) is 42.5 Å². The van der Waals surface area contributed by atoms with Crippen LogP contribution in [-0.2, 0) is 4.79 Å². The number of carbonyl (C=O) groups excluding carboxylic acids is 1. The quantitative estimate of drug-likeness (QED) is 0.921. The van der Waals surface area contributed by atoms with Crippen LogP contribution in [0.4, 0.5) is 0 Å². The molecule has 0 bridgehead atoms. The fraction of sp³-hybridized carbons (Fsp3) is 0.421. The van der Waals surface area contributed by atoms with Gasteiger partial charge in [-0.2, -0.15) is 0 Å². The van der Waals surface area contributed by atoms with E-state index in [4.69, 9.17) is 10.5 Å². The van der Waals surface area contributed by atoms with Crippen LogP contribution in [0.25, 0.3) is 10.8 Å². The van der Waals surface area contributed by atoms with E-state index in [1.807, 2.05) is 54.3 Å². The zero-order valence-electron chi connectivity index (χ0n) is 14.0. The summed E-state index contributed by atoms with van der Waals surface area (Å²) >= 11 is 0. The summed E-state index contributed by atoms with van der Waals surface area (Å²) in [7, 11) is 0. The maximum atomic E-state index is 12.6. The summed E-state index contributed by atoms with van der Waals surface area (Å²) in [6.45, 7) is 2.82. The molecule has 0 aromatic heterocycles. The zero-order chi connectivity index (χ0) is 16.2. The predicted molar refractivity (Wildman–Crippen MR) is 99.7 cm³/mol. The average Bonchev–Trinajstić information content (AvgIpc) is 2.59. The van der Waals surface area contributed by atoms with Crippen LogP contribution in [0.3, 0.4) is 0 Å². The van der Waals surface area contributed by atoms with Crippen molar-refractivity contribution in [2.45, 2.75) is 38.3 Å². The molecule has 1 aliphatic rings. The molecule has 1 amide bonds. The summed E-state index contributed by atoms with van der Waals surface area (Å²) in [4.78, 5) is 14.5. The monoisotopic (exact) mass is 348 g/mol. The minimum absolute atomic E-state index is 0. The molecular weight excluding hydrogens is 324 g/mol. The van der Waals surface area contributed by atoms with Crippen molar-refractivity contribution >= 4 is 29.1 Å². The van der Waals surface area contributed by atoms with Crippen molar-refractivity contribution in [3.63, 3.8) is 0 Å². The maximum Gasteiger partial charge on any atom is 0.260 e. The molecule has 2 aromatic carbocycles. The van der Waals surface area contributed by atoms with Crippen molar-refractivity contribution in [2.75, 3.05) is 13.2 Å². The lowest BCUT2D eigenvalue weighted by molar-refractivity contribution is -0.137.